The van der Waals surface area contributed by atoms with E-state index in [-0.39, 0.29) is 0 Å². The van der Waals surface area contributed by atoms with Crippen LogP contribution >= 0.6 is 0 Å². The molecular formula is C11H12N2O. The fraction of sp³-hybridized carbons (Fsp3) is 0.182. The van der Waals surface area contributed by atoms with E-state index in [4.69, 9.17) is 0 Å². The molecule has 0 amide bonds. The van der Waals surface area contributed by atoms with Gasteiger partial charge in [-0.1, -0.05) is 17.7 Å². The highest BCUT2D eigenvalue weighted by atomic mass is 16.5. The summed E-state index contributed by atoms with van der Waals surface area (Å²) in [6.07, 6.45) is 3.28. The van der Waals surface area contributed by atoms with Gasteiger partial charge in [-0.25, -0.2) is 4.73 Å². The SMILES string of the molecule is Cc1ccc(-n2cc[n+]([O-])c2C)cc1. The van der Waals surface area contributed by atoms with E-state index in [1.165, 1.54) is 11.8 Å². The topological polar surface area (TPSA) is 31.9 Å². The Morgan fingerprint density at radius 3 is 2.29 bits per heavy atom. The molecule has 0 atom stereocenters. The minimum Gasteiger partial charge on any atom is -0.711 e. The van der Waals surface area contributed by atoms with Crippen LogP contribution in [0.2, 0.25) is 0 Å². The van der Waals surface area contributed by atoms with Crippen LogP contribution in [0.5, 0.6) is 0 Å². The monoisotopic (exact) mass is 188 g/mol. The maximum absolute atomic E-state index is 11.2. The third-order valence-electron chi connectivity index (χ3n) is 2.33. The Balaban J connectivity index is 2.49. The van der Waals surface area contributed by atoms with Gasteiger partial charge in [0.1, 0.15) is 18.1 Å². The summed E-state index contributed by atoms with van der Waals surface area (Å²) in [4.78, 5) is 0. The molecule has 1 heterocycles. The van der Waals surface area contributed by atoms with Crippen molar-refractivity contribution in [3.63, 3.8) is 0 Å². The summed E-state index contributed by atoms with van der Waals surface area (Å²) in [6.45, 7) is 3.84. The highest BCUT2D eigenvalue weighted by molar-refractivity contribution is 5.34. The van der Waals surface area contributed by atoms with Gasteiger partial charge < -0.3 is 5.21 Å². The predicted octanol–water partition coefficient (Wildman–Crippen LogP) is 1.73. The minimum absolute atomic E-state index is 0.675. The largest absolute Gasteiger partial charge is 0.711 e. The van der Waals surface area contributed by atoms with Gasteiger partial charge in [0.05, 0.1) is 0 Å². The summed E-state index contributed by atoms with van der Waals surface area (Å²) < 4.78 is 2.73. The lowest BCUT2D eigenvalue weighted by molar-refractivity contribution is -0.611. The van der Waals surface area contributed by atoms with Gasteiger partial charge in [0.15, 0.2) is 0 Å². The minimum atomic E-state index is 0.675. The molecule has 2 rings (SSSR count). The van der Waals surface area contributed by atoms with Crippen molar-refractivity contribution in [2.75, 3.05) is 0 Å². The summed E-state index contributed by atoms with van der Waals surface area (Å²) in [6, 6.07) is 8.07. The summed E-state index contributed by atoms with van der Waals surface area (Å²) in [7, 11) is 0. The van der Waals surface area contributed by atoms with E-state index in [0.29, 0.717) is 5.82 Å². The van der Waals surface area contributed by atoms with Crippen molar-refractivity contribution in [1.82, 2.24) is 4.57 Å². The third-order valence-corrected chi connectivity index (χ3v) is 2.33. The molecule has 0 saturated heterocycles. The van der Waals surface area contributed by atoms with Crippen molar-refractivity contribution in [2.24, 2.45) is 0 Å². The molecule has 0 spiro atoms. The predicted molar refractivity (Wildman–Crippen MR) is 54.2 cm³/mol. The number of hydrogen-bond donors (Lipinski definition) is 0. The molecule has 0 aliphatic heterocycles. The van der Waals surface area contributed by atoms with E-state index in [1.54, 1.807) is 13.1 Å². The molecule has 0 unspecified atom stereocenters. The lowest BCUT2D eigenvalue weighted by atomic mass is 10.2. The first kappa shape index (κ1) is 8.81. The fourth-order valence-corrected chi connectivity index (χ4v) is 1.43. The average Bonchev–Trinajstić information content (AvgIpc) is 2.50. The Labute approximate surface area is 82.8 Å². The molecule has 0 saturated carbocycles. The van der Waals surface area contributed by atoms with Crippen molar-refractivity contribution >= 4 is 0 Å². The maximum Gasteiger partial charge on any atom is 0.261 e. The number of benzene rings is 1. The molecule has 0 fully saturated rings. The smallest absolute Gasteiger partial charge is 0.261 e. The number of hydrogen-bond acceptors (Lipinski definition) is 1. The van der Waals surface area contributed by atoms with E-state index >= 15 is 0 Å². The van der Waals surface area contributed by atoms with Crippen LogP contribution in [0.3, 0.4) is 0 Å². The average molecular weight is 188 g/mol. The van der Waals surface area contributed by atoms with Crippen LogP contribution < -0.4 is 4.73 Å². The molecule has 0 aliphatic carbocycles. The number of nitrogens with zero attached hydrogens (tertiary/aromatic N) is 2. The van der Waals surface area contributed by atoms with Crippen LogP contribution in [0.25, 0.3) is 5.69 Å². The van der Waals surface area contributed by atoms with Crippen molar-refractivity contribution in [3.05, 3.63) is 53.3 Å². The zero-order valence-corrected chi connectivity index (χ0v) is 8.27. The first-order valence-corrected chi connectivity index (χ1v) is 4.52. The Hall–Kier alpha value is -1.77. The van der Waals surface area contributed by atoms with Gasteiger partial charge in [0.2, 0.25) is 0 Å². The van der Waals surface area contributed by atoms with Crippen LogP contribution in [-0.4, -0.2) is 4.57 Å². The van der Waals surface area contributed by atoms with E-state index in [0.717, 1.165) is 10.4 Å². The lowest BCUT2D eigenvalue weighted by Crippen LogP contribution is -2.27. The Morgan fingerprint density at radius 2 is 1.79 bits per heavy atom. The molecule has 1 aromatic carbocycles. The highest BCUT2D eigenvalue weighted by Gasteiger charge is 2.08. The van der Waals surface area contributed by atoms with Gasteiger partial charge in [0, 0.05) is 6.92 Å². The van der Waals surface area contributed by atoms with Gasteiger partial charge in [-0.2, -0.15) is 4.57 Å². The first-order chi connectivity index (χ1) is 6.68. The van der Waals surface area contributed by atoms with Crippen LogP contribution in [-0.2, 0) is 0 Å². The van der Waals surface area contributed by atoms with E-state index in [2.05, 4.69) is 0 Å². The molecule has 0 aliphatic rings. The molecule has 0 radical (unpaired) electrons. The van der Waals surface area contributed by atoms with Crippen LogP contribution in [0, 0.1) is 19.1 Å². The number of rotatable bonds is 1. The zero-order chi connectivity index (χ0) is 10.1. The van der Waals surface area contributed by atoms with Crippen molar-refractivity contribution in [2.45, 2.75) is 13.8 Å². The van der Waals surface area contributed by atoms with Gasteiger partial charge in [0.25, 0.3) is 5.82 Å². The summed E-state index contributed by atoms with van der Waals surface area (Å²) in [5.41, 5.74) is 2.23. The van der Waals surface area contributed by atoms with Crippen molar-refractivity contribution in [3.8, 4) is 5.69 Å². The first-order valence-electron chi connectivity index (χ1n) is 4.52. The second-order valence-electron chi connectivity index (χ2n) is 3.38. The number of aromatic nitrogens is 2. The van der Waals surface area contributed by atoms with Gasteiger partial charge >= 0.3 is 0 Å². The van der Waals surface area contributed by atoms with Crippen molar-refractivity contribution in [1.29, 1.82) is 0 Å². The molecule has 72 valence electrons. The fourth-order valence-electron chi connectivity index (χ4n) is 1.43. The standard InChI is InChI=1S/C11H12N2O/c1-9-3-5-11(6-4-9)12-7-8-13(14)10(12)2/h3-8H,1-2H3. The zero-order valence-electron chi connectivity index (χ0n) is 8.27. The number of aryl methyl sites for hydroxylation is 1. The quantitative estimate of drug-likeness (QED) is 0.495. The maximum atomic E-state index is 11.2. The molecule has 1 aromatic heterocycles. The normalized spacial score (nSPS) is 10.4. The molecular weight excluding hydrogens is 176 g/mol. The summed E-state index contributed by atoms with van der Waals surface area (Å²) in [5.74, 6) is 0.675. The number of imidazole rings is 1. The molecule has 2 aromatic rings. The van der Waals surface area contributed by atoms with E-state index in [9.17, 15) is 5.21 Å². The molecule has 14 heavy (non-hydrogen) atoms. The van der Waals surface area contributed by atoms with Crippen LogP contribution in [0.1, 0.15) is 11.4 Å². The van der Waals surface area contributed by atoms with Gasteiger partial charge in [-0.05, 0) is 19.1 Å². The van der Waals surface area contributed by atoms with Crippen LogP contribution in [0.15, 0.2) is 36.7 Å². The molecule has 3 nitrogen and oxygen atoms in total. The Morgan fingerprint density at radius 1 is 1.14 bits per heavy atom. The van der Waals surface area contributed by atoms with E-state index in [1.807, 2.05) is 35.8 Å². The third kappa shape index (κ3) is 1.37. The van der Waals surface area contributed by atoms with Crippen molar-refractivity contribution < 1.29 is 4.73 Å². The lowest BCUT2D eigenvalue weighted by Gasteiger charge is -2.01. The highest BCUT2D eigenvalue weighted by Crippen LogP contribution is 2.10. The Kier molecular flexibility index (Phi) is 2.00. The van der Waals surface area contributed by atoms with Gasteiger partial charge in [-0.15, -0.1) is 0 Å². The molecule has 3 heteroatoms. The summed E-state index contributed by atoms with van der Waals surface area (Å²) in [5, 5.41) is 11.2. The second kappa shape index (κ2) is 3.18. The van der Waals surface area contributed by atoms with E-state index < -0.39 is 0 Å². The Bertz CT molecular complexity index is 443. The van der Waals surface area contributed by atoms with Crippen LogP contribution in [0.4, 0.5) is 0 Å². The van der Waals surface area contributed by atoms with Gasteiger partial charge in [-0.3, -0.25) is 0 Å². The molecule has 0 bridgehead atoms. The molecule has 0 N–H and O–H groups in total. The summed E-state index contributed by atoms with van der Waals surface area (Å²) >= 11 is 0. The second-order valence-corrected chi connectivity index (χ2v) is 3.38.